The van der Waals surface area contributed by atoms with Crippen LogP contribution in [0, 0.1) is 17.8 Å². The number of nitrogens with zero attached hydrogens (tertiary/aromatic N) is 1. The molecule has 1 aliphatic heterocycles. The average Bonchev–Trinajstić information content (AvgIpc) is 2.96. The molecule has 2 aromatic rings. The van der Waals surface area contributed by atoms with Crippen molar-refractivity contribution in [2.45, 2.75) is 26.2 Å². The van der Waals surface area contributed by atoms with Crippen molar-refractivity contribution in [3.05, 3.63) is 60.2 Å². The Morgan fingerprint density at radius 1 is 1.00 bits per heavy atom. The Labute approximate surface area is 164 Å². The maximum Gasteiger partial charge on any atom is 0.237 e. The van der Waals surface area contributed by atoms with Gasteiger partial charge < -0.3 is 4.74 Å². The Morgan fingerprint density at radius 3 is 2.54 bits per heavy atom. The monoisotopic (exact) mass is 377 g/mol. The summed E-state index contributed by atoms with van der Waals surface area (Å²) < 4.78 is 5.63. The number of hydrogen-bond acceptors (Lipinski definition) is 4. The summed E-state index contributed by atoms with van der Waals surface area (Å²) in [6.07, 6.45) is 2.53. The van der Waals surface area contributed by atoms with E-state index >= 15 is 0 Å². The smallest absolute Gasteiger partial charge is 0.237 e. The molecule has 1 saturated heterocycles. The SMILES string of the molecule is C[C@@H]1CC[C@H]2C(=O)N(c3cccc(OCC(=O)c4ccccc4)c3)C(=O)[C@@H]2C1. The molecule has 0 bridgehead atoms. The van der Waals surface area contributed by atoms with Gasteiger partial charge in [-0.25, -0.2) is 4.90 Å². The summed E-state index contributed by atoms with van der Waals surface area (Å²) in [5, 5.41) is 0. The fraction of sp³-hybridized carbons (Fsp3) is 0.348. The summed E-state index contributed by atoms with van der Waals surface area (Å²) in [6.45, 7) is 2.03. The number of anilines is 1. The van der Waals surface area contributed by atoms with Crippen LogP contribution in [0.2, 0.25) is 0 Å². The van der Waals surface area contributed by atoms with Gasteiger partial charge in [0.2, 0.25) is 11.8 Å². The first-order chi connectivity index (χ1) is 13.5. The second-order valence-corrected chi connectivity index (χ2v) is 7.72. The number of carbonyl (C=O) groups excluding carboxylic acids is 3. The zero-order valence-electron chi connectivity index (χ0n) is 15.8. The Hall–Kier alpha value is -2.95. The first kappa shape index (κ1) is 18.4. The number of rotatable bonds is 5. The van der Waals surface area contributed by atoms with Crippen LogP contribution in [-0.2, 0) is 9.59 Å². The molecule has 5 heteroatoms. The normalized spacial score (nSPS) is 24.2. The van der Waals surface area contributed by atoms with Crippen molar-refractivity contribution in [2.75, 3.05) is 11.5 Å². The third kappa shape index (κ3) is 3.44. The summed E-state index contributed by atoms with van der Waals surface area (Å²) in [5.74, 6) is 0.175. The second kappa shape index (κ2) is 7.58. The number of fused-ring (bicyclic) bond motifs is 1. The number of carbonyl (C=O) groups is 3. The highest BCUT2D eigenvalue weighted by Gasteiger charge is 2.49. The van der Waals surface area contributed by atoms with Crippen molar-refractivity contribution < 1.29 is 19.1 Å². The molecule has 1 heterocycles. The highest BCUT2D eigenvalue weighted by Crippen LogP contribution is 2.42. The predicted octanol–water partition coefficient (Wildman–Crippen LogP) is 3.87. The molecule has 28 heavy (non-hydrogen) atoms. The fourth-order valence-electron chi connectivity index (χ4n) is 4.21. The number of benzene rings is 2. The molecule has 144 valence electrons. The van der Waals surface area contributed by atoms with E-state index in [1.54, 1.807) is 48.5 Å². The molecule has 0 N–H and O–H groups in total. The Morgan fingerprint density at radius 2 is 1.75 bits per heavy atom. The quantitative estimate of drug-likeness (QED) is 0.586. The molecule has 0 radical (unpaired) electrons. The molecule has 1 saturated carbocycles. The van der Waals surface area contributed by atoms with Crippen molar-refractivity contribution in [3.63, 3.8) is 0 Å². The fourth-order valence-corrected chi connectivity index (χ4v) is 4.21. The van der Waals surface area contributed by atoms with Crippen molar-refractivity contribution in [1.29, 1.82) is 0 Å². The summed E-state index contributed by atoms with van der Waals surface area (Å²) in [6, 6.07) is 15.8. The topological polar surface area (TPSA) is 63.7 Å². The molecule has 5 nitrogen and oxygen atoms in total. The molecule has 1 aliphatic carbocycles. The molecule has 0 spiro atoms. The summed E-state index contributed by atoms with van der Waals surface area (Å²) in [4.78, 5) is 39.2. The molecule has 4 rings (SSSR count). The molecular weight excluding hydrogens is 354 g/mol. The van der Waals surface area contributed by atoms with Crippen LogP contribution in [-0.4, -0.2) is 24.2 Å². The lowest BCUT2D eigenvalue weighted by Crippen LogP contribution is -2.30. The first-order valence-corrected chi connectivity index (χ1v) is 9.73. The van der Waals surface area contributed by atoms with Gasteiger partial charge in [0.25, 0.3) is 0 Å². The summed E-state index contributed by atoms with van der Waals surface area (Å²) >= 11 is 0. The predicted molar refractivity (Wildman–Crippen MR) is 105 cm³/mol. The Balaban J connectivity index is 1.49. The minimum Gasteiger partial charge on any atom is -0.485 e. The molecule has 2 amide bonds. The number of ether oxygens (including phenoxy) is 1. The summed E-state index contributed by atoms with van der Waals surface area (Å²) in [7, 11) is 0. The van der Waals surface area contributed by atoms with Gasteiger partial charge >= 0.3 is 0 Å². The van der Waals surface area contributed by atoms with E-state index in [0.29, 0.717) is 22.9 Å². The van der Waals surface area contributed by atoms with Gasteiger partial charge in [-0.1, -0.05) is 43.3 Å². The summed E-state index contributed by atoms with van der Waals surface area (Å²) in [5.41, 5.74) is 1.10. The average molecular weight is 377 g/mol. The van der Waals surface area contributed by atoms with Crippen LogP contribution in [0.4, 0.5) is 5.69 Å². The van der Waals surface area contributed by atoms with E-state index < -0.39 is 0 Å². The van der Waals surface area contributed by atoms with Gasteiger partial charge in [0.1, 0.15) is 5.75 Å². The lowest BCUT2D eigenvalue weighted by Gasteiger charge is -2.25. The lowest BCUT2D eigenvalue weighted by molar-refractivity contribution is -0.122. The maximum absolute atomic E-state index is 12.9. The molecular formula is C23H23NO4. The Kier molecular flexibility index (Phi) is 4.99. The van der Waals surface area contributed by atoms with Gasteiger partial charge in [-0.05, 0) is 37.3 Å². The van der Waals surface area contributed by atoms with E-state index in [2.05, 4.69) is 6.92 Å². The van der Waals surface area contributed by atoms with Gasteiger partial charge in [-0.15, -0.1) is 0 Å². The number of ketones is 1. The van der Waals surface area contributed by atoms with E-state index in [4.69, 9.17) is 4.74 Å². The van der Waals surface area contributed by atoms with E-state index in [-0.39, 0.29) is 36.0 Å². The Bertz CT molecular complexity index is 908. The van der Waals surface area contributed by atoms with Crippen LogP contribution in [0.5, 0.6) is 5.75 Å². The largest absolute Gasteiger partial charge is 0.485 e. The van der Waals surface area contributed by atoms with E-state index in [9.17, 15) is 14.4 Å². The lowest BCUT2D eigenvalue weighted by atomic mass is 9.76. The van der Waals surface area contributed by atoms with Crippen LogP contribution in [0.25, 0.3) is 0 Å². The first-order valence-electron chi connectivity index (χ1n) is 9.73. The van der Waals surface area contributed by atoms with Gasteiger partial charge in [-0.2, -0.15) is 0 Å². The number of imide groups is 1. The minimum atomic E-state index is -0.208. The molecule has 0 unspecified atom stereocenters. The third-order valence-corrected chi connectivity index (χ3v) is 5.73. The highest BCUT2D eigenvalue weighted by atomic mass is 16.5. The molecule has 2 aromatic carbocycles. The van der Waals surface area contributed by atoms with E-state index in [1.807, 2.05) is 6.07 Å². The van der Waals surface area contributed by atoms with Crippen LogP contribution in [0.15, 0.2) is 54.6 Å². The maximum atomic E-state index is 12.9. The van der Waals surface area contributed by atoms with Crippen LogP contribution in [0.1, 0.15) is 36.5 Å². The number of Topliss-reactive ketones (excluding diaryl/α,β-unsaturated/α-hetero) is 1. The van der Waals surface area contributed by atoms with Crippen LogP contribution in [0.3, 0.4) is 0 Å². The second-order valence-electron chi connectivity index (χ2n) is 7.72. The van der Waals surface area contributed by atoms with Gasteiger partial charge in [0.15, 0.2) is 12.4 Å². The minimum absolute atomic E-state index is 0.0991. The van der Waals surface area contributed by atoms with Gasteiger partial charge in [0.05, 0.1) is 17.5 Å². The van der Waals surface area contributed by atoms with Crippen LogP contribution < -0.4 is 9.64 Å². The van der Waals surface area contributed by atoms with Crippen molar-refractivity contribution in [2.24, 2.45) is 17.8 Å². The van der Waals surface area contributed by atoms with E-state index in [1.165, 1.54) is 4.90 Å². The van der Waals surface area contributed by atoms with Crippen molar-refractivity contribution in [3.8, 4) is 5.75 Å². The van der Waals surface area contributed by atoms with Gasteiger partial charge in [0, 0.05) is 11.6 Å². The van der Waals surface area contributed by atoms with Gasteiger partial charge in [-0.3, -0.25) is 14.4 Å². The van der Waals surface area contributed by atoms with Crippen molar-refractivity contribution >= 4 is 23.3 Å². The molecule has 0 aromatic heterocycles. The molecule has 3 atom stereocenters. The standard InChI is InChI=1S/C23H23NO4/c1-15-10-11-19-20(12-15)23(27)24(22(19)26)17-8-5-9-18(13-17)28-14-21(25)16-6-3-2-4-7-16/h2-9,13,15,19-20H,10-12,14H2,1H3/t15-,19-,20-/m1/s1. The third-order valence-electron chi connectivity index (χ3n) is 5.73. The highest BCUT2D eigenvalue weighted by molar-refractivity contribution is 6.22. The zero-order valence-corrected chi connectivity index (χ0v) is 15.8. The molecule has 2 aliphatic rings. The molecule has 2 fully saturated rings. The number of amides is 2. The van der Waals surface area contributed by atoms with Crippen LogP contribution >= 0.6 is 0 Å². The zero-order chi connectivity index (χ0) is 19.7. The van der Waals surface area contributed by atoms with Crippen molar-refractivity contribution in [1.82, 2.24) is 0 Å². The number of hydrogen-bond donors (Lipinski definition) is 0. The van der Waals surface area contributed by atoms with E-state index in [0.717, 1.165) is 19.3 Å².